The lowest BCUT2D eigenvalue weighted by atomic mass is 9.96. The van der Waals surface area contributed by atoms with Crippen LogP contribution in [0.2, 0.25) is 0 Å². The van der Waals surface area contributed by atoms with Crippen molar-refractivity contribution in [2.45, 2.75) is 52.6 Å². The van der Waals surface area contributed by atoms with Gasteiger partial charge in [-0.3, -0.25) is 0 Å². The molecule has 0 aliphatic carbocycles. The van der Waals surface area contributed by atoms with Gasteiger partial charge in [-0.1, -0.05) is 6.42 Å². The van der Waals surface area contributed by atoms with Crippen LogP contribution in [-0.2, 0) is 5.60 Å². The SMILES string of the molecule is CCNC(=NCC(C)(O)c1cc(C)oc1C)NCCN1CCCCC1.I. The van der Waals surface area contributed by atoms with Gasteiger partial charge in [0.2, 0.25) is 0 Å². The van der Waals surface area contributed by atoms with Crippen LogP contribution in [0.15, 0.2) is 15.5 Å². The lowest BCUT2D eigenvalue weighted by molar-refractivity contribution is 0.0657. The molecule has 0 aromatic carbocycles. The molecule has 6 nitrogen and oxygen atoms in total. The zero-order chi connectivity index (χ0) is 18.3. The van der Waals surface area contributed by atoms with Gasteiger partial charge >= 0.3 is 0 Å². The number of rotatable bonds is 7. The third kappa shape index (κ3) is 7.08. The molecule has 0 saturated carbocycles. The molecule has 1 aromatic rings. The van der Waals surface area contributed by atoms with E-state index in [1.165, 1.54) is 32.4 Å². The predicted octanol–water partition coefficient (Wildman–Crippen LogP) is 2.76. The maximum absolute atomic E-state index is 10.8. The van der Waals surface area contributed by atoms with Gasteiger partial charge in [0.05, 0.1) is 6.54 Å². The highest BCUT2D eigenvalue weighted by Gasteiger charge is 2.27. The Bertz CT molecular complexity index is 566. The van der Waals surface area contributed by atoms with Gasteiger partial charge in [0.15, 0.2) is 5.96 Å². The summed E-state index contributed by atoms with van der Waals surface area (Å²) in [5.74, 6) is 2.31. The fraction of sp³-hybridized carbons (Fsp3) is 0.737. The molecule has 26 heavy (non-hydrogen) atoms. The number of aliphatic hydroxyl groups is 1. The van der Waals surface area contributed by atoms with Crippen LogP contribution in [0.3, 0.4) is 0 Å². The molecule has 0 amide bonds. The summed E-state index contributed by atoms with van der Waals surface area (Å²) in [4.78, 5) is 7.07. The second-order valence-electron chi connectivity index (χ2n) is 7.13. The van der Waals surface area contributed by atoms with E-state index in [9.17, 15) is 5.11 Å². The van der Waals surface area contributed by atoms with Crippen LogP contribution < -0.4 is 10.6 Å². The second-order valence-corrected chi connectivity index (χ2v) is 7.13. The fourth-order valence-corrected chi connectivity index (χ4v) is 3.34. The molecule has 0 bridgehead atoms. The van der Waals surface area contributed by atoms with Crippen molar-refractivity contribution in [3.63, 3.8) is 0 Å². The molecule has 150 valence electrons. The first-order valence-electron chi connectivity index (χ1n) is 9.47. The van der Waals surface area contributed by atoms with E-state index in [1.807, 2.05) is 26.8 Å². The molecular formula is C19H35IN4O2. The number of nitrogens with zero attached hydrogens (tertiary/aromatic N) is 2. The molecule has 1 aliphatic rings. The van der Waals surface area contributed by atoms with Gasteiger partial charge in [-0.25, -0.2) is 4.99 Å². The molecule has 1 unspecified atom stereocenters. The smallest absolute Gasteiger partial charge is 0.191 e. The number of furan rings is 1. The Balaban J connectivity index is 0.00000338. The average Bonchev–Trinajstić information content (AvgIpc) is 2.93. The molecule has 1 saturated heterocycles. The quantitative estimate of drug-likeness (QED) is 0.320. The van der Waals surface area contributed by atoms with Gasteiger partial charge in [-0.05, 0) is 59.7 Å². The van der Waals surface area contributed by atoms with Gasteiger partial charge in [-0.15, -0.1) is 24.0 Å². The number of likely N-dealkylation sites (tertiary alicyclic amines) is 1. The van der Waals surface area contributed by atoms with Crippen LogP contribution in [0, 0.1) is 13.8 Å². The van der Waals surface area contributed by atoms with E-state index in [2.05, 4.69) is 20.5 Å². The molecule has 0 spiro atoms. The highest BCUT2D eigenvalue weighted by molar-refractivity contribution is 14.0. The van der Waals surface area contributed by atoms with Gasteiger partial charge in [0.25, 0.3) is 0 Å². The van der Waals surface area contributed by atoms with Gasteiger partial charge < -0.3 is 25.1 Å². The molecule has 2 heterocycles. The van der Waals surface area contributed by atoms with Gasteiger partial charge in [-0.2, -0.15) is 0 Å². The number of halogens is 1. The number of nitrogens with one attached hydrogen (secondary N) is 2. The second kappa shape index (κ2) is 11.1. The van der Waals surface area contributed by atoms with Crippen LogP contribution >= 0.6 is 24.0 Å². The van der Waals surface area contributed by atoms with E-state index in [4.69, 9.17) is 4.42 Å². The molecular weight excluding hydrogens is 443 g/mol. The summed E-state index contributed by atoms with van der Waals surface area (Å²) in [5, 5.41) is 17.4. The first kappa shape index (κ1) is 23.2. The summed E-state index contributed by atoms with van der Waals surface area (Å²) >= 11 is 0. The van der Waals surface area contributed by atoms with E-state index in [1.54, 1.807) is 6.92 Å². The Labute approximate surface area is 174 Å². The van der Waals surface area contributed by atoms with E-state index >= 15 is 0 Å². The van der Waals surface area contributed by atoms with Gasteiger partial charge in [0.1, 0.15) is 17.1 Å². The zero-order valence-electron chi connectivity index (χ0n) is 16.6. The fourth-order valence-electron chi connectivity index (χ4n) is 3.34. The molecule has 3 N–H and O–H groups in total. The molecule has 1 aliphatic heterocycles. The van der Waals surface area contributed by atoms with Crippen molar-refractivity contribution in [3.8, 4) is 0 Å². The zero-order valence-corrected chi connectivity index (χ0v) is 18.9. The number of guanidine groups is 1. The van der Waals surface area contributed by atoms with Crippen LogP contribution in [0.5, 0.6) is 0 Å². The number of hydrogen-bond acceptors (Lipinski definition) is 4. The summed E-state index contributed by atoms with van der Waals surface area (Å²) in [6.07, 6.45) is 3.97. The van der Waals surface area contributed by atoms with Crippen LogP contribution in [0.25, 0.3) is 0 Å². The summed E-state index contributed by atoms with van der Waals surface area (Å²) in [5.41, 5.74) is -0.241. The minimum atomic E-state index is -1.04. The van der Waals surface area contributed by atoms with Crippen molar-refractivity contribution in [2.75, 3.05) is 39.3 Å². The maximum atomic E-state index is 10.8. The number of piperidine rings is 1. The molecule has 1 atom stereocenters. The number of hydrogen-bond donors (Lipinski definition) is 3. The maximum Gasteiger partial charge on any atom is 0.191 e. The molecule has 1 aromatic heterocycles. The van der Waals surface area contributed by atoms with Crippen molar-refractivity contribution in [3.05, 3.63) is 23.2 Å². The van der Waals surface area contributed by atoms with Crippen molar-refractivity contribution in [1.29, 1.82) is 0 Å². The molecule has 0 radical (unpaired) electrons. The lowest BCUT2D eigenvalue weighted by Gasteiger charge is -2.27. The predicted molar refractivity (Wildman–Crippen MR) is 117 cm³/mol. The third-order valence-electron chi connectivity index (χ3n) is 4.68. The molecule has 7 heteroatoms. The molecule has 2 rings (SSSR count). The summed E-state index contributed by atoms with van der Waals surface area (Å²) in [6.45, 7) is 13.0. The summed E-state index contributed by atoms with van der Waals surface area (Å²) in [6, 6.07) is 1.89. The standard InChI is InChI=1S/C19H34N4O2.HI/c1-5-20-18(21-9-12-23-10-7-6-8-11-23)22-14-19(4,24)17-13-15(2)25-16(17)3;/h13,24H,5-12,14H2,1-4H3,(H2,20,21,22);1H. The molecule has 1 fully saturated rings. The van der Waals surface area contributed by atoms with Crippen molar-refractivity contribution < 1.29 is 9.52 Å². The highest BCUT2D eigenvalue weighted by atomic mass is 127. The minimum Gasteiger partial charge on any atom is -0.466 e. The average molecular weight is 478 g/mol. The topological polar surface area (TPSA) is 73.0 Å². The summed E-state index contributed by atoms with van der Waals surface area (Å²) in [7, 11) is 0. The first-order chi connectivity index (χ1) is 11.9. The number of aryl methyl sites for hydroxylation is 2. The van der Waals surface area contributed by atoms with E-state index in [-0.39, 0.29) is 30.5 Å². The van der Waals surface area contributed by atoms with E-state index in [0.717, 1.165) is 42.7 Å². The van der Waals surface area contributed by atoms with E-state index < -0.39 is 5.60 Å². The Morgan fingerprint density at radius 1 is 1.27 bits per heavy atom. The minimum absolute atomic E-state index is 0. The van der Waals surface area contributed by atoms with Crippen LogP contribution in [0.4, 0.5) is 0 Å². The highest BCUT2D eigenvalue weighted by Crippen LogP contribution is 2.27. The normalized spacial score (nSPS) is 18.1. The van der Waals surface area contributed by atoms with Crippen LogP contribution in [-0.4, -0.2) is 55.2 Å². The van der Waals surface area contributed by atoms with Crippen molar-refractivity contribution >= 4 is 29.9 Å². The van der Waals surface area contributed by atoms with Crippen molar-refractivity contribution in [2.24, 2.45) is 4.99 Å². The first-order valence-corrected chi connectivity index (χ1v) is 9.47. The lowest BCUT2D eigenvalue weighted by Crippen LogP contribution is -2.43. The summed E-state index contributed by atoms with van der Waals surface area (Å²) < 4.78 is 5.54. The Morgan fingerprint density at radius 3 is 2.54 bits per heavy atom. The Morgan fingerprint density at radius 2 is 1.96 bits per heavy atom. The Hall–Kier alpha value is -0.800. The Kier molecular flexibility index (Phi) is 9.95. The van der Waals surface area contributed by atoms with E-state index in [0.29, 0.717) is 0 Å². The third-order valence-corrected chi connectivity index (χ3v) is 4.68. The number of aliphatic imine (C=N–C) groups is 1. The van der Waals surface area contributed by atoms with Crippen LogP contribution in [0.1, 0.15) is 50.2 Å². The largest absolute Gasteiger partial charge is 0.466 e. The van der Waals surface area contributed by atoms with Gasteiger partial charge in [0, 0.05) is 25.2 Å². The van der Waals surface area contributed by atoms with Crippen molar-refractivity contribution in [1.82, 2.24) is 15.5 Å². The monoisotopic (exact) mass is 478 g/mol.